The van der Waals surface area contributed by atoms with E-state index in [0.29, 0.717) is 6.54 Å². The van der Waals surface area contributed by atoms with Crippen molar-refractivity contribution in [2.24, 2.45) is 0 Å². The number of benzene rings is 1. The highest BCUT2D eigenvalue weighted by atomic mass is 32.1. The lowest BCUT2D eigenvalue weighted by molar-refractivity contribution is 0.391. The molecule has 0 saturated carbocycles. The van der Waals surface area contributed by atoms with Crippen molar-refractivity contribution >= 4 is 29.5 Å². The number of aromatic nitrogens is 2. The van der Waals surface area contributed by atoms with Crippen LogP contribution < -0.4 is 13.8 Å². The number of thiol groups is 1. The maximum atomic E-state index is 5.33. The van der Waals surface area contributed by atoms with Crippen molar-refractivity contribution in [1.82, 2.24) is 9.36 Å². The summed E-state index contributed by atoms with van der Waals surface area (Å²) in [5.74, 6) is 1.52. The molecule has 0 aliphatic carbocycles. The Balaban J connectivity index is 2.18. The van der Waals surface area contributed by atoms with Crippen molar-refractivity contribution in [3.05, 3.63) is 30.1 Å². The van der Waals surface area contributed by atoms with E-state index in [9.17, 15) is 0 Å². The third kappa shape index (κ3) is 2.85. The normalized spacial score (nSPS) is 10.2. The number of rotatable bonds is 5. The van der Waals surface area contributed by atoms with Gasteiger partial charge >= 0.3 is 0 Å². The summed E-state index contributed by atoms with van der Waals surface area (Å²) in [6.07, 6.45) is 1.51. The topological polar surface area (TPSA) is 47.5 Å². The summed E-state index contributed by atoms with van der Waals surface area (Å²) in [5.41, 5.74) is 1.00. The standard InChI is InChI=1S/C11H13N3O2S2/c1-15-9-4-3-8(10(5-9)16-2)6-14(17)11-12-7-13-18-11/h3-5,7,17H,6H2,1-2H3. The molecule has 0 unspecified atom stereocenters. The summed E-state index contributed by atoms with van der Waals surface area (Å²) in [5, 5.41) is 0.746. The van der Waals surface area contributed by atoms with E-state index in [1.165, 1.54) is 17.9 Å². The fourth-order valence-electron chi connectivity index (χ4n) is 1.49. The van der Waals surface area contributed by atoms with Crippen molar-refractivity contribution in [2.45, 2.75) is 6.54 Å². The molecule has 7 heteroatoms. The molecule has 0 aliphatic heterocycles. The Morgan fingerprint density at radius 2 is 2.17 bits per heavy atom. The van der Waals surface area contributed by atoms with Crippen LogP contribution in [0.4, 0.5) is 5.13 Å². The van der Waals surface area contributed by atoms with Gasteiger partial charge in [0.1, 0.15) is 17.8 Å². The number of ether oxygens (including phenoxy) is 2. The van der Waals surface area contributed by atoms with Crippen LogP contribution >= 0.6 is 24.3 Å². The quantitative estimate of drug-likeness (QED) is 0.854. The second-order valence-electron chi connectivity index (χ2n) is 3.46. The van der Waals surface area contributed by atoms with E-state index in [2.05, 4.69) is 22.2 Å². The molecule has 0 amide bonds. The van der Waals surface area contributed by atoms with Crippen LogP contribution in [0.2, 0.25) is 0 Å². The van der Waals surface area contributed by atoms with Crippen molar-refractivity contribution in [3.63, 3.8) is 0 Å². The first-order valence-corrected chi connectivity index (χ1v) is 6.36. The zero-order chi connectivity index (χ0) is 13.0. The molecule has 0 spiro atoms. The van der Waals surface area contributed by atoms with Crippen LogP contribution in [0, 0.1) is 0 Å². The Hall–Kier alpha value is -1.47. The van der Waals surface area contributed by atoms with E-state index < -0.39 is 0 Å². The van der Waals surface area contributed by atoms with E-state index in [-0.39, 0.29) is 0 Å². The molecule has 2 rings (SSSR count). The van der Waals surface area contributed by atoms with Gasteiger partial charge in [0.2, 0.25) is 5.13 Å². The zero-order valence-electron chi connectivity index (χ0n) is 10.0. The Morgan fingerprint density at radius 3 is 2.78 bits per heavy atom. The molecular formula is C11H13N3O2S2. The summed E-state index contributed by atoms with van der Waals surface area (Å²) in [4.78, 5) is 4.09. The minimum atomic E-state index is 0.575. The summed E-state index contributed by atoms with van der Waals surface area (Å²) in [7, 11) is 3.26. The summed E-state index contributed by atoms with van der Waals surface area (Å²) >= 11 is 5.68. The molecule has 0 N–H and O–H groups in total. The van der Waals surface area contributed by atoms with E-state index in [4.69, 9.17) is 9.47 Å². The van der Waals surface area contributed by atoms with Gasteiger partial charge in [0.05, 0.1) is 20.8 Å². The van der Waals surface area contributed by atoms with Gasteiger partial charge < -0.3 is 9.47 Å². The van der Waals surface area contributed by atoms with Crippen molar-refractivity contribution < 1.29 is 9.47 Å². The molecular weight excluding hydrogens is 270 g/mol. The number of methoxy groups -OCH3 is 2. The van der Waals surface area contributed by atoms with E-state index in [1.54, 1.807) is 18.5 Å². The van der Waals surface area contributed by atoms with Crippen molar-refractivity contribution in [2.75, 3.05) is 18.5 Å². The molecule has 0 aliphatic rings. The lowest BCUT2D eigenvalue weighted by Gasteiger charge is -2.16. The second-order valence-corrected chi connectivity index (χ2v) is 4.70. The molecule has 0 radical (unpaired) electrons. The Morgan fingerprint density at radius 1 is 1.33 bits per heavy atom. The Kier molecular flexibility index (Phi) is 4.27. The van der Waals surface area contributed by atoms with Gasteiger partial charge in [0.15, 0.2) is 0 Å². The monoisotopic (exact) mass is 283 g/mol. The lowest BCUT2D eigenvalue weighted by Crippen LogP contribution is -2.10. The fourth-order valence-corrected chi connectivity index (χ4v) is 2.25. The largest absolute Gasteiger partial charge is 0.497 e. The third-order valence-corrected chi connectivity index (χ3v) is 3.54. The van der Waals surface area contributed by atoms with Crippen molar-refractivity contribution in [1.29, 1.82) is 0 Å². The summed E-state index contributed by atoms with van der Waals surface area (Å²) in [6.45, 7) is 0.575. The zero-order valence-corrected chi connectivity index (χ0v) is 11.7. The van der Waals surface area contributed by atoms with Crippen LogP contribution in [0.25, 0.3) is 0 Å². The van der Waals surface area contributed by atoms with E-state index in [1.807, 2.05) is 18.2 Å². The second kappa shape index (κ2) is 5.92. The molecule has 1 aromatic heterocycles. The molecule has 0 saturated heterocycles. The molecule has 1 aromatic carbocycles. The molecule has 96 valence electrons. The highest BCUT2D eigenvalue weighted by molar-refractivity contribution is 7.82. The predicted octanol–water partition coefficient (Wildman–Crippen LogP) is 2.41. The van der Waals surface area contributed by atoms with Crippen LogP contribution in [-0.4, -0.2) is 23.6 Å². The molecule has 5 nitrogen and oxygen atoms in total. The molecule has 0 atom stereocenters. The first-order chi connectivity index (χ1) is 8.74. The highest BCUT2D eigenvalue weighted by Gasteiger charge is 2.11. The molecule has 18 heavy (non-hydrogen) atoms. The van der Waals surface area contributed by atoms with Crippen LogP contribution in [0.1, 0.15) is 5.56 Å². The summed E-state index contributed by atoms with van der Waals surface area (Å²) < 4.78 is 16.2. The first-order valence-electron chi connectivity index (χ1n) is 5.18. The van der Waals surface area contributed by atoms with Gasteiger partial charge in [-0.25, -0.2) is 4.98 Å². The van der Waals surface area contributed by atoms with Gasteiger partial charge in [-0.15, -0.1) is 0 Å². The minimum absolute atomic E-state index is 0.575. The average Bonchev–Trinajstić information content (AvgIpc) is 2.93. The lowest BCUT2D eigenvalue weighted by atomic mass is 10.2. The third-order valence-electron chi connectivity index (χ3n) is 2.38. The number of hydrogen-bond donors (Lipinski definition) is 1. The fraction of sp³-hybridized carbons (Fsp3) is 0.273. The maximum absolute atomic E-state index is 5.33. The highest BCUT2D eigenvalue weighted by Crippen LogP contribution is 2.28. The number of nitrogens with zero attached hydrogens (tertiary/aromatic N) is 3. The molecule has 0 bridgehead atoms. The molecule has 2 aromatic rings. The van der Waals surface area contributed by atoms with E-state index in [0.717, 1.165) is 22.2 Å². The maximum Gasteiger partial charge on any atom is 0.215 e. The van der Waals surface area contributed by atoms with Gasteiger partial charge in [0, 0.05) is 23.2 Å². The van der Waals surface area contributed by atoms with Crippen LogP contribution in [0.5, 0.6) is 11.5 Å². The minimum Gasteiger partial charge on any atom is -0.497 e. The van der Waals surface area contributed by atoms with Gasteiger partial charge in [-0.05, 0) is 12.1 Å². The van der Waals surface area contributed by atoms with E-state index >= 15 is 0 Å². The van der Waals surface area contributed by atoms with Crippen LogP contribution in [-0.2, 0) is 6.54 Å². The van der Waals surface area contributed by atoms with Crippen molar-refractivity contribution in [3.8, 4) is 11.5 Å². The van der Waals surface area contributed by atoms with Gasteiger partial charge in [0.25, 0.3) is 0 Å². The number of hydrogen-bond acceptors (Lipinski definition) is 7. The van der Waals surface area contributed by atoms with Gasteiger partial charge in [-0.2, -0.15) is 4.37 Å². The van der Waals surface area contributed by atoms with Crippen LogP contribution in [0.15, 0.2) is 24.5 Å². The first kappa shape index (κ1) is 13.0. The number of anilines is 1. The van der Waals surface area contributed by atoms with Crippen LogP contribution in [0.3, 0.4) is 0 Å². The Labute approximate surface area is 115 Å². The summed E-state index contributed by atoms with van der Waals surface area (Å²) in [6, 6.07) is 5.68. The van der Waals surface area contributed by atoms with Gasteiger partial charge in [-0.1, -0.05) is 12.8 Å². The average molecular weight is 283 g/mol. The molecule has 1 heterocycles. The molecule has 0 fully saturated rings. The van der Waals surface area contributed by atoms with Gasteiger partial charge in [-0.3, -0.25) is 4.31 Å². The Bertz CT molecular complexity index is 505. The predicted molar refractivity (Wildman–Crippen MR) is 74.6 cm³/mol. The SMILES string of the molecule is COc1ccc(CN(S)c2ncns2)c(OC)c1. The smallest absolute Gasteiger partial charge is 0.215 e.